The number of anilines is 1. The molecular formula is C17H15Cl2N3O4S. The largest absolute Gasteiger partial charge is 0.301 e. The monoisotopic (exact) mass is 427 g/mol. The minimum absolute atomic E-state index is 0.00176. The summed E-state index contributed by atoms with van der Waals surface area (Å²) in [6, 6.07) is 9.74. The van der Waals surface area contributed by atoms with Gasteiger partial charge in [-0.1, -0.05) is 35.3 Å². The number of imide groups is 1. The second kappa shape index (κ2) is 7.57. The maximum Gasteiger partial charge on any atom is 0.251 e. The lowest BCUT2D eigenvalue weighted by atomic mass is 10.2. The van der Waals surface area contributed by atoms with E-state index in [-0.39, 0.29) is 23.8 Å². The van der Waals surface area contributed by atoms with Crippen molar-refractivity contribution >= 4 is 50.7 Å². The Hall–Kier alpha value is -1.97. The number of sulfonamides is 1. The molecule has 0 saturated carbocycles. The maximum atomic E-state index is 12.6. The van der Waals surface area contributed by atoms with Gasteiger partial charge in [-0.2, -0.15) is 0 Å². The predicted molar refractivity (Wildman–Crippen MR) is 102 cm³/mol. The van der Waals surface area contributed by atoms with Gasteiger partial charge in [0.25, 0.3) is 5.91 Å². The van der Waals surface area contributed by atoms with Gasteiger partial charge in [-0.3, -0.25) is 9.59 Å². The highest BCUT2D eigenvalue weighted by Gasteiger charge is 2.39. The number of rotatable bonds is 5. The normalized spacial score (nSPS) is 17.6. The highest BCUT2D eigenvalue weighted by molar-refractivity contribution is 7.89. The van der Waals surface area contributed by atoms with Crippen molar-refractivity contribution < 1.29 is 18.0 Å². The molecule has 10 heteroatoms. The van der Waals surface area contributed by atoms with Crippen LogP contribution in [0.15, 0.2) is 47.4 Å². The van der Waals surface area contributed by atoms with Gasteiger partial charge in [0.1, 0.15) is 0 Å². The van der Waals surface area contributed by atoms with Crippen molar-refractivity contribution in [2.24, 2.45) is 5.14 Å². The highest BCUT2D eigenvalue weighted by atomic mass is 35.5. The average molecular weight is 428 g/mol. The fourth-order valence-electron chi connectivity index (χ4n) is 2.77. The first-order chi connectivity index (χ1) is 12.6. The summed E-state index contributed by atoms with van der Waals surface area (Å²) in [5.41, 5.74) is 1.07. The minimum atomic E-state index is -3.76. The van der Waals surface area contributed by atoms with E-state index in [0.717, 1.165) is 10.5 Å². The summed E-state index contributed by atoms with van der Waals surface area (Å²) in [5, 5.41) is 8.71. The van der Waals surface area contributed by atoms with E-state index in [2.05, 4.69) is 5.32 Å². The second-order valence-electron chi connectivity index (χ2n) is 6.02. The van der Waals surface area contributed by atoms with E-state index < -0.39 is 22.0 Å². The SMILES string of the molecule is NS(=O)(=O)c1ccc(CNC2CC(=O)N(c3cc(Cl)cc(Cl)c3)C2=O)cc1. The number of hydrogen-bond acceptors (Lipinski definition) is 5. The summed E-state index contributed by atoms with van der Waals surface area (Å²) in [4.78, 5) is 25.9. The first-order valence-corrected chi connectivity index (χ1v) is 10.1. The molecule has 1 unspecified atom stereocenters. The summed E-state index contributed by atoms with van der Waals surface area (Å²) in [6.45, 7) is 0.277. The molecule has 0 bridgehead atoms. The van der Waals surface area contributed by atoms with Gasteiger partial charge >= 0.3 is 0 Å². The number of nitrogens with two attached hydrogens (primary N) is 1. The zero-order valence-electron chi connectivity index (χ0n) is 13.9. The predicted octanol–water partition coefficient (Wildman–Crippen LogP) is 2.06. The maximum absolute atomic E-state index is 12.6. The molecule has 1 heterocycles. The Kier molecular flexibility index (Phi) is 5.55. The van der Waals surface area contributed by atoms with Gasteiger partial charge in [0.15, 0.2) is 0 Å². The Morgan fingerprint density at radius 2 is 1.67 bits per heavy atom. The number of benzene rings is 2. The number of primary sulfonamides is 1. The van der Waals surface area contributed by atoms with Gasteiger partial charge in [-0.05, 0) is 35.9 Å². The van der Waals surface area contributed by atoms with Crippen molar-refractivity contribution in [1.82, 2.24) is 5.32 Å². The van der Waals surface area contributed by atoms with Crippen LogP contribution in [0.1, 0.15) is 12.0 Å². The lowest BCUT2D eigenvalue weighted by Gasteiger charge is -2.16. The zero-order chi connectivity index (χ0) is 19.8. The molecule has 7 nitrogen and oxygen atoms in total. The summed E-state index contributed by atoms with van der Waals surface area (Å²) in [6.07, 6.45) is -0.00176. The molecule has 0 spiro atoms. The van der Waals surface area contributed by atoms with Crippen molar-refractivity contribution in [2.45, 2.75) is 23.9 Å². The molecule has 1 atom stereocenters. The van der Waals surface area contributed by atoms with Crippen LogP contribution in [0.3, 0.4) is 0 Å². The smallest absolute Gasteiger partial charge is 0.251 e. The standard InChI is InChI=1S/C17H15Cl2N3O4S/c18-11-5-12(19)7-13(6-11)22-16(23)8-15(17(22)24)21-9-10-1-3-14(4-2-10)27(20,25)26/h1-7,15,21H,8-9H2,(H2,20,25,26). The van der Waals surface area contributed by atoms with Crippen LogP contribution in [0.4, 0.5) is 5.69 Å². The van der Waals surface area contributed by atoms with Gasteiger partial charge in [0.05, 0.1) is 23.0 Å². The number of nitrogens with one attached hydrogen (secondary N) is 1. The molecule has 2 amide bonds. The van der Waals surface area contributed by atoms with Crippen LogP contribution < -0.4 is 15.4 Å². The second-order valence-corrected chi connectivity index (χ2v) is 8.46. The molecule has 3 rings (SSSR count). The van der Waals surface area contributed by atoms with Crippen LogP contribution in [0, 0.1) is 0 Å². The molecule has 142 valence electrons. The number of carbonyl (C=O) groups excluding carboxylic acids is 2. The Morgan fingerprint density at radius 3 is 2.22 bits per heavy atom. The summed E-state index contributed by atoms with van der Waals surface area (Å²) >= 11 is 11.9. The van der Waals surface area contributed by atoms with Gasteiger partial charge in [0, 0.05) is 16.6 Å². The van der Waals surface area contributed by atoms with Crippen molar-refractivity contribution in [3.63, 3.8) is 0 Å². The van der Waals surface area contributed by atoms with E-state index in [9.17, 15) is 18.0 Å². The molecule has 2 aromatic carbocycles. The Bertz CT molecular complexity index is 989. The summed E-state index contributed by atoms with van der Waals surface area (Å²) < 4.78 is 22.5. The van der Waals surface area contributed by atoms with Crippen LogP contribution in [-0.2, 0) is 26.2 Å². The number of nitrogens with zero attached hydrogens (tertiary/aromatic N) is 1. The lowest BCUT2D eigenvalue weighted by molar-refractivity contribution is -0.121. The zero-order valence-corrected chi connectivity index (χ0v) is 16.2. The van der Waals surface area contributed by atoms with E-state index in [0.29, 0.717) is 15.7 Å². The molecular weight excluding hydrogens is 413 g/mol. The van der Waals surface area contributed by atoms with Crippen LogP contribution in [0.2, 0.25) is 10.0 Å². The van der Waals surface area contributed by atoms with Crippen molar-refractivity contribution in [2.75, 3.05) is 4.90 Å². The first kappa shape index (κ1) is 19.8. The number of amides is 2. The fourth-order valence-corrected chi connectivity index (χ4v) is 3.80. The van der Waals surface area contributed by atoms with Crippen molar-refractivity contribution in [1.29, 1.82) is 0 Å². The average Bonchev–Trinajstić information content (AvgIpc) is 2.85. The highest BCUT2D eigenvalue weighted by Crippen LogP contribution is 2.29. The van der Waals surface area contributed by atoms with Gasteiger partial charge in [-0.15, -0.1) is 0 Å². The van der Waals surface area contributed by atoms with Crippen LogP contribution in [0.25, 0.3) is 0 Å². The van der Waals surface area contributed by atoms with Gasteiger partial charge < -0.3 is 5.32 Å². The molecule has 1 aliphatic rings. The summed E-state index contributed by atoms with van der Waals surface area (Å²) in [5.74, 6) is -0.764. The molecule has 27 heavy (non-hydrogen) atoms. The quantitative estimate of drug-likeness (QED) is 0.709. The molecule has 0 aliphatic carbocycles. The molecule has 1 saturated heterocycles. The topological polar surface area (TPSA) is 110 Å². The number of carbonyl (C=O) groups is 2. The third kappa shape index (κ3) is 4.48. The molecule has 2 aromatic rings. The third-order valence-corrected chi connectivity index (χ3v) is 5.42. The fraction of sp³-hybridized carbons (Fsp3) is 0.176. The molecule has 1 fully saturated rings. The first-order valence-electron chi connectivity index (χ1n) is 7.83. The van der Waals surface area contributed by atoms with Gasteiger partial charge in [-0.25, -0.2) is 18.5 Å². The molecule has 0 aromatic heterocycles. The van der Waals surface area contributed by atoms with E-state index >= 15 is 0 Å². The van der Waals surface area contributed by atoms with Gasteiger partial charge in [0.2, 0.25) is 15.9 Å². The Morgan fingerprint density at radius 1 is 1.07 bits per heavy atom. The van der Waals surface area contributed by atoms with Crippen LogP contribution >= 0.6 is 23.2 Å². The number of hydrogen-bond donors (Lipinski definition) is 2. The third-order valence-electron chi connectivity index (χ3n) is 4.06. The minimum Gasteiger partial charge on any atom is -0.301 e. The van der Waals surface area contributed by atoms with Crippen molar-refractivity contribution in [3.8, 4) is 0 Å². The van der Waals surface area contributed by atoms with E-state index in [1.165, 1.54) is 30.3 Å². The van der Waals surface area contributed by atoms with E-state index in [1.807, 2.05) is 0 Å². The summed E-state index contributed by atoms with van der Waals surface area (Å²) in [7, 11) is -3.76. The lowest BCUT2D eigenvalue weighted by Crippen LogP contribution is -2.38. The van der Waals surface area contributed by atoms with Crippen LogP contribution in [0.5, 0.6) is 0 Å². The van der Waals surface area contributed by atoms with E-state index in [1.54, 1.807) is 12.1 Å². The molecule has 0 radical (unpaired) electrons. The molecule has 3 N–H and O–H groups in total. The van der Waals surface area contributed by atoms with Crippen molar-refractivity contribution in [3.05, 3.63) is 58.1 Å². The van der Waals surface area contributed by atoms with Crippen LogP contribution in [-0.4, -0.2) is 26.3 Å². The Labute approximate surface area is 166 Å². The molecule has 1 aliphatic heterocycles. The van der Waals surface area contributed by atoms with E-state index in [4.69, 9.17) is 28.3 Å². The Balaban J connectivity index is 1.70. The number of halogens is 2.